The van der Waals surface area contributed by atoms with E-state index in [0.29, 0.717) is 0 Å². The lowest BCUT2D eigenvalue weighted by Gasteiger charge is -2.17. The maximum atomic E-state index is 8.87. The summed E-state index contributed by atoms with van der Waals surface area (Å²) in [6, 6.07) is 22.5. The monoisotopic (exact) mass is 332 g/mol. The van der Waals surface area contributed by atoms with Crippen LogP contribution in [0.1, 0.15) is 25.3 Å². The van der Waals surface area contributed by atoms with Crippen LogP contribution in [0.15, 0.2) is 72.9 Å². The van der Waals surface area contributed by atoms with Gasteiger partial charge in [0.15, 0.2) is 0 Å². The number of aromatic nitrogens is 1. The van der Waals surface area contributed by atoms with Gasteiger partial charge in [-0.3, -0.25) is 4.98 Å². The van der Waals surface area contributed by atoms with Gasteiger partial charge >= 0.3 is 0 Å². The first kappa shape index (κ1) is 15.3. The molecular weight excluding hydrogens is 306 g/mol. The fraction of sp³-hybridized carbons (Fsp3) is 0.227. The fourth-order valence-electron chi connectivity index (χ4n) is 2.77. The van der Waals surface area contributed by atoms with Gasteiger partial charge in [-0.25, -0.2) is 0 Å². The number of pyridine rings is 1. The summed E-state index contributed by atoms with van der Waals surface area (Å²) in [5.74, 6) is -0.782. The Bertz CT molecular complexity index is 849. The maximum Gasteiger partial charge on any atom is 0.0796 e. The van der Waals surface area contributed by atoms with Crippen molar-refractivity contribution in [1.82, 2.24) is 4.98 Å². The van der Waals surface area contributed by atoms with Crippen LogP contribution in [0.5, 0.6) is 0 Å². The molecule has 0 amide bonds. The van der Waals surface area contributed by atoms with E-state index < -0.39 is 14.0 Å². The fourth-order valence-corrected chi connectivity index (χ4v) is 3.81. The van der Waals surface area contributed by atoms with Crippen molar-refractivity contribution >= 4 is 13.3 Å². The minimum Gasteiger partial charge on any atom is -0.256 e. The molecule has 0 spiro atoms. The average Bonchev–Trinajstić information content (AvgIpc) is 2.62. The summed E-state index contributed by atoms with van der Waals surface area (Å²) < 4.78 is 8.87. The minimum atomic E-state index is -1.33. The Labute approximate surface area is 147 Å². The van der Waals surface area contributed by atoms with Gasteiger partial charge in [-0.1, -0.05) is 81.2 Å². The Balaban J connectivity index is 1.97. The molecule has 0 radical (unpaired) electrons. The summed E-state index contributed by atoms with van der Waals surface area (Å²) >= 11 is 0. The molecule has 0 bridgehead atoms. The van der Waals surface area contributed by atoms with Crippen LogP contribution in [0.3, 0.4) is 0 Å². The third-order valence-corrected chi connectivity index (χ3v) is 6.46. The number of hydrogen-bond acceptors (Lipinski definition) is 1. The predicted molar refractivity (Wildman–Crippen MR) is 107 cm³/mol. The SMILES string of the molecule is [2H]C(C)(c1ccccc1)c1cccc(-c2ccc([Si](C)(C)C)cn2)c1. The van der Waals surface area contributed by atoms with Gasteiger partial charge in [-0.2, -0.15) is 0 Å². The van der Waals surface area contributed by atoms with Crippen molar-refractivity contribution in [2.24, 2.45) is 0 Å². The van der Waals surface area contributed by atoms with Gasteiger partial charge in [0, 0.05) is 19.0 Å². The molecule has 1 nitrogen and oxygen atoms in total. The zero-order valence-electron chi connectivity index (χ0n) is 15.9. The van der Waals surface area contributed by atoms with Crippen molar-refractivity contribution in [2.45, 2.75) is 32.5 Å². The highest BCUT2D eigenvalue weighted by Gasteiger charge is 2.16. The summed E-state index contributed by atoms with van der Waals surface area (Å²) in [5.41, 5.74) is 4.00. The molecule has 3 rings (SSSR count). The van der Waals surface area contributed by atoms with E-state index in [1.807, 2.05) is 55.6 Å². The smallest absolute Gasteiger partial charge is 0.0796 e. The lowest BCUT2D eigenvalue weighted by molar-refractivity contribution is 0.923. The summed E-state index contributed by atoms with van der Waals surface area (Å²) in [6.07, 6.45) is 2.02. The zero-order valence-corrected chi connectivity index (χ0v) is 15.9. The summed E-state index contributed by atoms with van der Waals surface area (Å²) in [6.45, 7) is 8.93. The van der Waals surface area contributed by atoms with Crippen LogP contribution in [0, 0.1) is 0 Å². The van der Waals surface area contributed by atoms with E-state index in [4.69, 9.17) is 1.37 Å². The largest absolute Gasteiger partial charge is 0.256 e. The van der Waals surface area contributed by atoms with Gasteiger partial charge in [0.1, 0.15) is 0 Å². The normalized spacial score (nSPS) is 14.8. The Morgan fingerprint density at radius 3 is 2.21 bits per heavy atom. The molecule has 1 aromatic heterocycles. The molecule has 0 saturated carbocycles. The molecule has 1 atom stereocenters. The Morgan fingerprint density at radius 2 is 1.58 bits per heavy atom. The van der Waals surface area contributed by atoms with Crippen LogP contribution in [-0.4, -0.2) is 13.1 Å². The van der Waals surface area contributed by atoms with Gasteiger partial charge in [0.2, 0.25) is 0 Å². The molecule has 0 N–H and O–H groups in total. The summed E-state index contributed by atoms with van der Waals surface area (Å²) in [7, 11) is -1.33. The van der Waals surface area contributed by atoms with Gasteiger partial charge in [-0.15, -0.1) is 0 Å². The standard InChI is InChI=1S/C22H25NSi/c1-17(18-9-6-5-7-10-18)19-11-8-12-20(15-19)22-14-13-21(16-23-22)24(2,3)4/h5-17H,1-4H3/i17D. The van der Waals surface area contributed by atoms with Crippen molar-refractivity contribution in [3.63, 3.8) is 0 Å². The highest BCUT2D eigenvalue weighted by molar-refractivity contribution is 6.88. The van der Waals surface area contributed by atoms with E-state index in [0.717, 1.165) is 22.4 Å². The molecular formula is C22H25NSi. The van der Waals surface area contributed by atoms with Crippen molar-refractivity contribution in [2.75, 3.05) is 0 Å². The van der Waals surface area contributed by atoms with Crippen LogP contribution < -0.4 is 5.19 Å². The molecule has 1 heterocycles. The van der Waals surface area contributed by atoms with Gasteiger partial charge < -0.3 is 0 Å². The van der Waals surface area contributed by atoms with Crippen molar-refractivity contribution in [3.05, 3.63) is 84.1 Å². The molecule has 122 valence electrons. The molecule has 0 aliphatic rings. The molecule has 2 heteroatoms. The first-order valence-electron chi connectivity index (χ1n) is 8.91. The summed E-state index contributed by atoms with van der Waals surface area (Å²) in [4.78, 5) is 4.68. The topological polar surface area (TPSA) is 12.9 Å². The van der Waals surface area contributed by atoms with Gasteiger partial charge in [0.05, 0.1) is 13.8 Å². The first-order chi connectivity index (χ1) is 11.8. The van der Waals surface area contributed by atoms with Gasteiger partial charge in [-0.05, 0) is 28.4 Å². The molecule has 0 aliphatic heterocycles. The maximum absolute atomic E-state index is 8.87. The van der Waals surface area contributed by atoms with Crippen molar-refractivity contribution in [1.29, 1.82) is 0 Å². The Kier molecular flexibility index (Phi) is 4.31. The molecule has 0 aliphatic carbocycles. The molecule has 24 heavy (non-hydrogen) atoms. The van der Waals surface area contributed by atoms with Crippen LogP contribution in [-0.2, 0) is 0 Å². The summed E-state index contributed by atoms with van der Waals surface area (Å²) in [5, 5.41) is 1.36. The average molecular weight is 333 g/mol. The third kappa shape index (κ3) is 3.65. The van der Waals surface area contributed by atoms with E-state index in [1.54, 1.807) is 0 Å². The minimum absolute atomic E-state index is 0.782. The molecule has 2 aromatic carbocycles. The molecule has 0 saturated heterocycles. The Morgan fingerprint density at radius 1 is 0.875 bits per heavy atom. The second kappa shape index (κ2) is 6.74. The highest BCUT2D eigenvalue weighted by Crippen LogP contribution is 2.27. The van der Waals surface area contributed by atoms with E-state index in [2.05, 4.69) is 48.9 Å². The lowest BCUT2D eigenvalue weighted by atomic mass is 9.92. The van der Waals surface area contributed by atoms with Crippen molar-refractivity contribution < 1.29 is 1.37 Å². The van der Waals surface area contributed by atoms with E-state index in [9.17, 15) is 0 Å². The quantitative estimate of drug-likeness (QED) is 0.579. The number of rotatable bonds is 4. The van der Waals surface area contributed by atoms with E-state index in [-0.39, 0.29) is 0 Å². The van der Waals surface area contributed by atoms with Crippen LogP contribution in [0.25, 0.3) is 11.3 Å². The lowest BCUT2D eigenvalue weighted by Crippen LogP contribution is -2.37. The second-order valence-corrected chi connectivity index (χ2v) is 12.3. The highest BCUT2D eigenvalue weighted by atomic mass is 28.3. The van der Waals surface area contributed by atoms with Crippen LogP contribution in [0.2, 0.25) is 19.6 Å². The Hall–Kier alpha value is -2.19. The van der Waals surface area contributed by atoms with Crippen LogP contribution >= 0.6 is 0 Å². The number of hydrogen-bond donors (Lipinski definition) is 0. The molecule has 0 fully saturated rings. The molecule has 3 aromatic rings. The zero-order chi connectivity index (χ0) is 18.1. The van der Waals surface area contributed by atoms with Crippen molar-refractivity contribution in [3.8, 4) is 11.3 Å². The number of nitrogens with zero attached hydrogens (tertiary/aromatic N) is 1. The third-order valence-electron chi connectivity index (χ3n) is 4.43. The molecule has 1 unspecified atom stereocenters. The van der Waals surface area contributed by atoms with E-state index >= 15 is 0 Å². The first-order valence-corrected chi connectivity index (χ1v) is 11.9. The number of benzene rings is 2. The second-order valence-electron chi connectivity index (χ2n) is 7.25. The predicted octanol–water partition coefficient (Wildman–Crippen LogP) is 5.45. The van der Waals surface area contributed by atoms with E-state index in [1.165, 1.54) is 5.19 Å². The van der Waals surface area contributed by atoms with Crippen LogP contribution in [0.4, 0.5) is 0 Å². The van der Waals surface area contributed by atoms with Gasteiger partial charge in [0.25, 0.3) is 0 Å².